The van der Waals surface area contributed by atoms with Crippen molar-refractivity contribution in [3.63, 3.8) is 0 Å². The summed E-state index contributed by atoms with van der Waals surface area (Å²) in [5.74, 6) is 0.0615. The van der Waals surface area contributed by atoms with Gasteiger partial charge in [-0.2, -0.15) is 0 Å². The van der Waals surface area contributed by atoms with Crippen LogP contribution in [-0.4, -0.2) is 37.7 Å². The van der Waals surface area contributed by atoms with E-state index >= 15 is 0 Å². The molecule has 1 amide bonds. The Hall–Kier alpha value is -3.55. The van der Waals surface area contributed by atoms with Gasteiger partial charge < -0.3 is 24.3 Å². The Labute approximate surface area is 174 Å². The van der Waals surface area contributed by atoms with Gasteiger partial charge in [0.25, 0.3) is 5.91 Å². The summed E-state index contributed by atoms with van der Waals surface area (Å²) in [5.41, 5.74) is 0.845. The first-order chi connectivity index (χ1) is 14.5. The maximum absolute atomic E-state index is 12.2. The molecular formula is C22H23NO7. The highest BCUT2D eigenvalue weighted by Gasteiger charge is 2.21. The molecule has 1 aliphatic heterocycles. The number of Topliss-reactive ketones (excluding diaryl/α,β-unsaturated/α-hetero) is 1. The summed E-state index contributed by atoms with van der Waals surface area (Å²) >= 11 is 0. The number of fused-ring (bicyclic) bond motifs is 1. The van der Waals surface area contributed by atoms with Gasteiger partial charge in [0, 0.05) is 11.6 Å². The minimum Gasteiger partial charge on any atom is -0.494 e. The second kappa shape index (κ2) is 9.78. The van der Waals surface area contributed by atoms with Crippen LogP contribution in [0.1, 0.15) is 47.4 Å². The van der Waals surface area contributed by atoms with Crippen LogP contribution < -0.4 is 19.5 Å². The monoisotopic (exact) mass is 413 g/mol. The number of nitrogens with one attached hydrogen (secondary N) is 1. The molecule has 1 heterocycles. The predicted molar refractivity (Wildman–Crippen MR) is 108 cm³/mol. The van der Waals surface area contributed by atoms with E-state index in [4.69, 9.17) is 18.9 Å². The zero-order valence-corrected chi connectivity index (χ0v) is 16.9. The second-order valence-corrected chi connectivity index (χ2v) is 6.66. The minimum absolute atomic E-state index is 0.0458. The zero-order valence-electron chi connectivity index (χ0n) is 16.9. The Morgan fingerprint density at radius 3 is 2.43 bits per heavy atom. The third-order valence-electron chi connectivity index (χ3n) is 4.36. The molecule has 158 valence electrons. The lowest BCUT2D eigenvalue weighted by Crippen LogP contribution is -2.22. The molecule has 2 aromatic carbocycles. The SMILES string of the molecule is CCCCOc1ccc(C(=O)OCC(=O)Nc2cc3c(cc2C(C)=O)OCO3)cc1. The Morgan fingerprint density at radius 1 is 1.07 bits per heavy atom. The number of benzene rings is 2. The topological polar surface area (TPSA) is 100 Å². The van der Waals surface area contributed by atoms with Crippen LogP contribution in [0.2, 0.25) is 0 Å². The lowest BCUT2D eigenvalue weighted by Gasteiger charge is -2.11. The van der Waals surface area contributed by atoms with Crippen LogP contribution in [0.15, 0.2) is 36.4 Å². The van der Waals surface area contributed by atoms with E-state index in [0.29, 0.717) is 29.4 Å². The first-order valence-corrected chi connectivity index (χ1v) is 9.62. The summed E-state index contributed by atoms with van der Waals surface area (Å²) in [7, 11) is 0. The van der Waals surface area contributed by atoms with Gasteiger partial charge in [0.2, 0.25) is 6.79 Å². The number of hydrogen-bond acceptors (Lipinski definition) is 7. The molecule has 8 heteroatoms. The third kappa shape index (κ3) is 5.28. The fraction of sp³-hybridized carbons (Fsp3) is 0.318. The highest BCUT2D eigenvalue weighted by Crippen LogP contribution is 2.37. The van der Waals surface area contributed by atoms with Crippen LogP contribution in [0.25, 0.3) is 0 Å². The number of amides is 1. The lowest BCUT2D eigenvalue weighted by molar-refractivity contribution is -0.119. The van der Waals surface area contributed by atoms with Crippen LogP contribution in [0.5, 0.6) is 17.2 Å². The lowest BCUT2D eigenvalue weighted by atomic mass is 10.1. The van der Waals surface area contributed by atoms with Gasteiger partial charge in [0.05, 0.1) is 17.9 Å². The van der Waals surface area contributed by atoms with E-state index in [0.717, 1.165) is 12.8 Å². The van der Waals surface area contributed by atoms with Crippen molar-refractivity contribution in [1.29, 1.82) is 0 Å². The molecule has 0 saturated heterocycles. The standard InChI is InChI=1S/C22H23NO7/c1-3-4-9-27-16-7-5-15(6-8-16)22(26)28-12-21(25)23-18-11-20-19(29-13-30-20)10-17(18)14(2)24/h5-8,10-11H,3-4,9,12-13H2,1-2H3,(H,23,25). The Kier molecular flexibility index (Phi) is 6.90. The molecule has 30 heavy (non-hydrogen) atoms. The molecule has 0 saturated carbocycles. The van der Waals surface area contributed by atoms with Crippen molar-refractivity contribution in [3.05, 3.63) is 47.5 Å². The summed E-state index contributed by atoms with van der Waals surface area (Å²) < 4.78 is 21.1. The number of anilines is 1. The number of carbonyl (C=O) groups is 3. The van der Waals surface area contributed by atoms with Gasteiger partial charge in [0.1, 0.15) is 5.75 Å². The van der Waals surface area contributed by atoms with Crippen LogP contribution in [0.3, 0.4) is 0 Å². The summed E-state index contributed by atoms with van der Waals surface area (Å²) in [6.07, 6.45) is 1.99. The molecule has 8 nitrogen and oxygen atoms in total. The van der Waals surface area contributed by atoms with Gasteiger partial charge in [-0.25, -0.2) is 4.79 Å². The molecule has 0 bridgehead atoms. The average molecular weight is 413 g/mol. The molecule has 0 fully saturated rings. The van der Waals surface area contributed by atoms with Crippen molar-refractivity contribution in [3.8, 4) is 17.2 Å². The number of ketones is 1. The van der Waals surface area contributed by atoms with Crippen LogP contribution >= 0.6 is 0 Å². The highest BCUT2D eigenvalue weighted by molar-refractivity contribution is 6.05. The number of esters is 1. The molecule has 0 unspecified atom stereocenters. The van der Waals surface area contributed by atoms with Crippen molar-refractivity contribution in [2.24, 2.45) is 0 Å². The summed E-state index contributed by atoms with van der Waals surface area (Å²) in [4.78, 5) is 36.3. The molecule has 0 aromatic heterocycles. The quantitative estimate of drug-likeness (QED) is 0.381. The van der Waals surface area contributed by atoms with E-state index < -0.39 is 18.5 Å². The van der Waals surface area contributed by atoms with Crippen molar-refractivity contribution in [2.75, 3.05) is 25.3 Å². The van der Waals surface area contributed by atoms with Crippen molar-refractivity contribution in [1.82, 2.24) is 0 Å². The average Bonchev–Trinajstić information content (AvgIpc) is 3.19. The van der Waals surface area contributed by atoms with Gasteiger partial charge in [-0.3, -0.25) is 9.59 Å². The van der Waals surface area contributed by atoms with Crippen LogP contribution in [0.4, 0.5) is 5.69 Å². The smallest absolute Gasteiger partial charge is 0.338 e. The van der Waals surface area contributed by atoms with Gasteiger partial charge >= 0.3 is 5.97 Å². The highest BCUT2D eigenvalue weighted by atomic mass is 16.7. The molecular weight excluding hydrogens is 390 g/mol. The van der Waals surface area contributed by atoms with Crippen molar-refractivity contribution >= 4 is 23.3 Å². The Bertz CT molecular complexity index is 937. The maximum Gasteiger partial charge on any atom is 0.338 e. The third-order valence-corrected chi connectivity index (χ3v) is 4.36. The predicted octanol–water partition coefficient (Wildman–Crippen LogP) is 3.59. The van der Waals surface area contributed by atoms with E-state index in [-0.39, 0.29) is 23.8 Å². The van der Waals surface area contributed by atoms with Crippen LogP contribution in [0, 0.1) is 0 Å². The fourth-order valence-electron chi connectivity index (χ4n) is 2.76. The van der Waals surface area contributed by atoms with Gasteiger partial charge in [-0.05, 0) is 43.7 Å². The molecule has 0 aliphatic carbocycles. The summed E-state index contributed by atoms with van der Waals surface area (Å²) in [6, 6.07) is 9.53. The molecule has 0 spiro atoms. The van der Waals surface area contributed by atoms with E-state index in [9.17, 15) is 14.4 Å². The first-order valence-electron chi connectivity index (χ1n) is 9.62. The summed E-state index contributed by atoms with van der Waals surface area (Å²) in [5, 5.41) is 2.57. The Balaban J connectivity index is 1.56. The van der Waals surface area contributed by atoms with E-state index in [1.54, 1.807) is 24.3 Å². The van der Waals surface area contributed by atoms with Crippen molar-refractivity contribution < 1.29 is 33.3 Å². The van der Waals surface area contributed by atoms with Gasteiger partial charge in [-0.1, -0.05) is 13.3 Å². The largest absolute Gasteiger partial charge is 0.494 e. The fourth-order valence-corrected chi connectivity index (χ4v) is 2.76. The zero-order chi connectivity index (χ0) is 21.5. The number of unbranched alkanes of at least 4 members (excludes halogenated alkanes) is 1. The molecule has 0 atom stereocenters. The summed E-state index contributed by atoms with van der Waals surface area (Å²) in [6.45, 7) is 3.61. The number of ether oxygens (including phenoxy) is 4. The van der Waals surface area contributed by atoms with Crippen LogP contribution in [-0.2, 0) is 9.53 Å². The van der Waals surface area contributed by atoms with Gasteiger partial charge in [0.15, 0.2) is 23.9 Å². The molecule has 3 rings (SSSR count). The number of rotatable bonds is 9. The molecule has 2 aromatic rings. The minimum atomic E-state index is -0.636. The number of hydrogen-bond donors (Lipinski definition) is 1. The Morgan fingerprint density at radius 2 is 1.77 bits per heavy atom. The van der Waals surface area contributed by atoms with E-state index in [2.05, 4.69) is 12.2 Å². The second-order valence-electron chi connectivity index (χ2n) is 6.66. The maximum atomic E-state index is 12.2. The molecule has 1 N–H and O–H groups in total. The normalized spacial score (nSPS) is 11.7. The molecule has 0 radical (unpaired) electrons. The molecule has 1 aliphatic rings. The van der Waals surface area contributed by atoms with E-state index in [1.165, 1.54) is 19.1 Å². The number of carbonyl (C=O) groups excluding carboxylic acids is 3. The first kappa shape index (κ1) is 21.2. The van der Waals surface area contributed by atoms with E-state index in [1.807, 2.05) is 0 Å². The van der Waals surface area contributed by atoms with Crippen molar-refractivity contribution in [2.45, 2.75) is 26.7 Å². The van der Waals surface area contributed by atoms with Gasteiger partial charge in [-0.15, -0.1) is 0 Å².